The van der Waals surface area contributed by atoms with E-state index in [4.69, 9.17) is 14.6 Å². The SMILES string of the molecule is OC[C@H]1O[C](O)[C@](O)(OCCc2ccccc2)[C@H]1O. The molecule has 6 heteroatoms. The summed E-state index contributed by atoms with van der Waals surface area (Å²) in [5.41, 5.74) is 0.998. The Morgan fingerprint density at radius 1 is 1.26 bits per heavy atom. The van der Waals surface area contributed by atoms with Gasteiger partial charge in [0.1, 0.15) is 12.2 Å². The number of hydrogen-bond donors (Lipinski definition) is 4. The van der Waals surface area contributed by atoms with Gasteiger partial charge in [0, 0.05) is 0 Å². The maximum atomic E-state index is 10.0. The van der Waals surface area contributed by atoms with Crippen LogP contribution in [-0.2, 0) is 15.9 Å². The van der Waals surface area contributed by atoms with Crippen molar-refractivity contribution in [3.63, 3.8) is 0 Å². The van der Waals surface area contributed by atoms with Gasteiger partial charge in [-0.2, -0.15) is 0 Å². The molecule has 6 nitrogen and oxygen atoms in total. The van der Waals surface area contributed by atoms with E-state index in [0.717, 1.165) is 5.56 Å². The summed E-state index contributed by atoms with van der Waals surface area (Å²) in [6, 6.07) is 9.44. The first-order valence-electron chi connectivity index (χ1n) is 6.00. The van der Waals surface area contributed by atoms with Gasteiger partial charge in [0.15, 0.2) is 0 Å². The average molecular weight is 269 g/mol. The summed E-state index contributed by atoms with van der Waals surface area (Å²) in [4.78, 5) is 0. The van der Waals surface area contributed by atoms with Crippen molar-refractivity contribution < 1.29 is 29.9 Å². The highest BCUT2D eigenvalue weighted by atomic mass is 16.7. The molecule has 1 aliphatic heterocycles. The lowest BCUT2D eigenvalue weighted by atomic mass is 10.1. The zero-order chi connectivity index (χ0) is 13.9. The lowest BCUT2D eigenvalue weighted by Crippen LogP contribution is -2.48. The maximum Gasteiger partial charge on any atom is 0.286 e. The van der Waals surface area contributed by atoms with Crippen LogP contribution in [0.3, 0.4) is 0 Å². The van der Waals surface area contributed by atoms with Crippen LogP contribution >= 0.6 is 0 Å². The van der Waals surface area contributed by atoms with Gasteiger partial charge in [-0.3, -0.25) is 0 Å². The fraction of sp³-hybridized carbons (Fsp3) is 0.462. The Hall–Kier alpha value is -1.02. The molecule has 0 saturated carbocycles. The summed E-state index contributed by atoms with van der Waals surface area (Å²) in [6.07, 6.45) is -2.95. The fourth-order valence-electron chi connectivity index (χ4n) is 1.92. The molecule has 19 heavy (non-hydrogen) atoms. The van der Waals surface area contributed by atoms with E-state index in [-0.39, 0.29) is 6.61 Å². The predicted octanol–water partition coefficient (Wildman–Crippen LogP) is -0.452. The minimum atomic E-state index is -2.29. The van der Waals surface area contributed by atoms with Crippen LogP contribution in [0.25, 0.3) is 0 Å². The van der Waals surface area contributed by atoms with Crippen LogP contribution in [-0.4, -0.2) is 51.6 Å². The second-order valence-corrected chi connectivity index (χ2v) is 4.37. The second kappa shape index (κ2) is 5.96. The molecule has 3 atom stereocenters. The van der Waals surface area contributed by atoms with E-state index in [1.54, 1.807) is 0 Å². The molecule has 0 amide bonds. The van der Waals surface area contributed by atoms with E-state index in [1.165, 1.54) is 0 Å². The molecule has 105 valence electrons. The third-order valence-electron chi connectivity index (χ3n) is 3.06. The Balaban J connectivity index is 1.91. The smallest absolute Gasteiger partial charge is 0.286 e. The van der Waals surface area contributed by atoms with Crippen molar-refractivity contribution in [2.45, 2.75) is 24.4 Å². The molecule has 0 unspecified atom stereocenters. The van der Waals surface area contributed by atoms with Gasteiger partial charge in [-0.25, -0.2) is 0 Å². The van der Waals surface area contributed by atoms with Crippen molar-refractivity contribution >= 4 is 0 Å². The monoisotopic (exact) mass is 269 g/mol. The van der Waals surface area contributed by atoms with Gasteiger partial charge in [0.05, 0.1) is 13.2 Å². The highest BCUT2D eigenvalue weighted by Crippen LogP contribution is 2.35. The van der Waals surface area contributed by atoms with Gasteiger partial charge in [0.25, 0.3) is 12.1 Å². The number of ether oxygens (including phenoxy) is 2. The first-order chi connectivity index (χ1) is 9.08. The van der Waals surface area contributed by atoms with Crippen molar-refractivity contribution in [3.05, 3.63) is 42.2 Å². The average Bonchev–Trinajstić information content (AvgIpc) is 2.64. The van der Waals surface area contributed by atoms with E-state index < -0.39 is 30.9 Å². The highest BCUT2D eigenvalue weighted by molar-refractivity contribution is 5.14. The van der Waals surface area contributed by atoms with Gasteiger partial charge in [-0.1, -0.05) is 30.3 Å². The molecule has 4 N–H and O–H groups in total. The van der Waals surface area contributed by atoms with E-state index in [9.17, 15) is 15.3 Å². The van der Waals surface area contributed by atoms with Crippen LogP contribution in [0.2, 0.25) is 0 Å². The molecule has 0 aliphatic carbocycles. The van der Waals surface area contributed by atoms with Crippen LogP contribution in [0.15, 0.2) is 30.3 Å². The Morgan fingerprint density at radius 2 is 1.95 bits per heavy atom. The van der Waals surface area contributed by atoms with Crippen molar-refractivity contribution in [2.24, 2.45) is 0 Å². The molecular weight excluding hydrogens is 252 g/mol. The number of aliphatic hydroxyl groups is 4. The number of hydrogen-bond acceptors (Lipinski definition) is 6. The molecule has 1 aliphatic rings. The van der Waals surface area contributed by atoms with Crippen LogP contribution in [0, 0.1) is 6.29 Å². The lowest BCUT2D eigenvalue weighted by molar-refractivity contribution is -0.260. The first kappa shape index (κ1) is 14.4. The van der Waals surface area contributed by atoms with E-state index in [0.29, 0.717) is 6.42 Å². The molecule has 1 aromatic carbocycles. The van der Waals surface area contributed by atoms with Crippen LogP contribution < -0.4 is 0 Å². The minimum Gasteiger partial charge on any atom is -0.394 e. The standard InChI is InChI=1S/C13H17O6/c14-8-10-11(15)13(17,12(16)19-10)18-7-6-9-4-2-1-3-5-9/h1-5,10-11,14-17H,6-8H2/t10-,11+,13-/m1/s1. The first-order valence-corrected chi connectivity index (χ1v) is 6.00. The van der Waals surface area contributed by atoms with Gasteiger partial charge in [-0.15, -0.1) is 0 Å². The fourth-order valence-corrected chi connectivity index (χ4v) is 1.92. The molecule has 1 aromatic rings. The molecule has 1 saturated heterocycles. The lowest BCUT2D eigenvalue weighted by Gasteiger charge is -2.27. The van der Waals surface area contributed by atoms with Crippen molar-refractivity contribution in [1.82, 2.24) is 0 Å². The molecule has 1 radical (unpaired) electrons. The van der Waals surface area contributed by atoms with Crippen molar-refractivity contribution in [2.75, 3.05) is 13.2 Å². The van der Waals surface area contributed by atoms with Crippen LogP contribution in [0.4, 0.5) is 0 Å². The van der Waals surface area contributed by atoms with Gasteiger partial charge in [0.2, 0.25) is 0 Å². The Bertz CT molecular complexity index is 397. The van der Waals surface area contributed by atoms with Gasteiger partial charge >= 0.3 is 0 Å². The molecule has 0 spiro atoms. The third-order valence-corrected chi connectivity index (χ3v) is 3.06. The Labute approximate surface area is 110 Å². The molecule has 1 heterocycles. The zero-order valence-corrected chi connectivity index (χ0v) is 10.3. The number of aliphatic hydroxyl groups excluding tert-OH is 3. The molecule has 1 fully saturated rings. The Morgan fingerprint density at radius 3 is 2.53 bits per heavy atom. The van der Waals surface area contributed by atoms with E-state index in [2.05, 4.69) is 0 Å². The van der Waals surface area contributed by atoms with Crippen LogP contribution in [0.5, 0.6) is 0 Å². The molecule has 2 rings (SSSR count). The van der Waals surface area contributed by atoms with Crippen molar-refractivity contribution in [3.8, 4) is 0 Å². The minimum absolute atomic E-state index is 0.0865. The van der Waals surface area contributed by atoms with Crippen LogP contribution in [0.1, 0.15) is 5.56 Å². The summed E-state index contributed by atoms with van der Waals surface area (Å²) in [5.74, 6) is -2.29. The summed E-state index contributed by atoms with van der Waals surface area (Å²) in [6.45, 7) is -0.446. The largest absolute Gasteiger partial charge is 0.394 e. The highest BCUT2D eigenvalue weighted by Gasteiger charge is 2.57. The van der Waals surface area contributed by atoms with Gasteiger partial charge in [-0.05, 0) is 12.0 Å². The molecule has 0 aromatic heterocycles. The summed E-state index contributed by atoms with van der Waals surface area (Å²) < 4.78 is 9.87. The molecular formula is C13H17O6. The molecule has 0 bridgehead atoms. The van der Waals surface area contributed by atoms with E-state index >= 15 is 0 Å². The number of benzene rings is 1. The summed E-state index contributed by atoms with van der Waals surface area (Å²) in [5, 5.41) is 38.1. The normalized spacial score (nSPS) is 31.8. The Kier molecular flexibility index (Phi) is 4.51. The van der Waals surface area contributed by atoms with Gasteiger partial charge < -0.3 is 29.9 Å². The zero-order valence-electron chi connectivity index (χ0n) is 10.3. The number of rotatable bonds is 5. The van der Waals surface area contributed by atoms with Crippen molar-refractivity contribution in [1.29, 1.82) is 0 Å². The second-order valence-electron chi connectivity index (χ2n) is 4.37. The summed E-state index contributed by atoms with van der Waals surface area (Å²) >= 11 is 0. The maximum absolute atomic E-state index is 10.0. The quantitative estimate of drug-likeness (QED) is 0.540. The predicted molar refractivity (Wildman–Crippen MR) is 64.2 cm³/mol. The summed E-state index contributed by atoms with van der Waals surface area (Å²) in [7, 11) is 0. The third kappa shape index (κ3) is 2.94. The van der Waals surface area contributed by atoms with E-state index in [1.807, 2.05) is 30.3 Å². The topological polar surface area (TPSA) is 99.4 Å².